The van der Waals surface area contributed by atoms with Crippen LogP contribution in [-0.4, -0.2) is 44.1 Å². The van der Waals surface area contributed by atoms with Gasteiger partial charge in [-0.25, -0.2) is 0 Å². The number of carbonyl (C=O) groups is 1. The van der Waals surface area contributed by atoms with Gasteiger partial charge in [-0.05, 0) is 12.0 Å². The summed E-state index contributed by atoms with van der Waals surface area (Å²) in [5, 5.41) is 3.17. The number of nitrogens with zero attached hydrogens (tertiary/aromatic N) is 1. The second-order valence-electron chi connectivity index (χ2n) is 10.6. The van der Waals surface area contributed by atoms with Crippen molar-refractivity contribution in [1.82, 2.24) is 5.32 Å². The zero-order chi connectivity index (χ0) is 23.5. The minimum Gasteiger partial charge on any atom is -0.356 e. The Morgan fingerprint density at radius 1 is 0.750 bits per heavy atom. The van der Waals surface area contributed by atoms with Crippen LogP contribution in [0, 0.1) is 0 Å². The standard InChI is InChI=1S/C29H52N2O/c1-5-6-7-8-9-10-11-12-13-14-15-16-17-21-24-30-29(32)26-28(31(2,3)4)25-27-22-19-18-20-23-27/h18-20,22-23,28H,5-17,21,24-26H2,1-4H3/p+1. The van der Waals surface area contributed by atoms with Gasteiger partial charge < -0.3 is 9.80 Å². The molecule has 1 aromatic rings. The Hall–Kier alpha value is -1.35. The molecule has 1 amide bonds. The number of likely N-dealkylation sites (N-methyl/N-ethyl adjacent to an activating group) is 1. The van der Waals surface area contributed by atoms with Crippen LogP contribution in [0.1, 0.15) is 109 Å². The van der Waals surface area contributed by atoms with Crippen molar-refractivity contribution >= 4 is 5.91 Å². The summed E-state index contributed by atoms with van der Waals surface area (Å²) in [6.45, 7) is 3.11. The molecule has 1 aromatic carbocycles. The highest BCUT2D eigenvalue weighted by molar-refractivity contribution is 5.76. The predicted molar refractivity (Wildman–Crippen MR) is 140 cm³/mol. The molecule has 0 aliphatic rings. The summed E-state index contributed by atoms with van der Waals surface area (Å²) in [5.41, 5.74) is 1.31. The number of nitrogens with one attached hydrogen (secondary N) is 1. The summed E-state index contributed by atoms with van der Waals surface area (Å²) < 4.78 is 0.807. The number of hydrogen-bond donors (Lipinski definition) is 1. The van der Waals surface area contributed by atoms with E-state index in [0.29, 0.717) is 12.5 Å². The normalized spacial score (nSPS) is 12.6. The number of quaternary nitrogens is 1. The summed E-state index contributed by atoms with van der Waals surface area (Å²) >= 11 is 0. The minimum atomic E-state index is 0.202. The Morgan fingerprint density at radius 2 is 1.22 bits per heavy atom. The van der Waals surface area contributed by atoms with Crippen LogP contribution in [0.4, 0.5) is 0 Å². The molecule has 1 rings (SSSR count). The first-order valence-electron chi connectivity index (χ1n) is 13.5. The largest absolute Gasteiger partial charge is 0.356 e. The Morgan fingerprint density at radius 3 is 1.69 bits per heavy atom. The van der Waals surface area contributed by atoms with E-state index in [4.69, 9.17) is 0 Å². The average Bonchev–Trinajstić information content (AvgIpc) is 2.76. The lowest BCUT2D eigenvalue weighted by atomic mass is 10.0. The van der Waals surface area contributed by atoms with Crippen LogP contribution in [-0.2, 0) is 11.2 Å². The molecule has 0 radical (unpaired) electrons. The summed E-state index contributed by atoms with van der Waals surface area (Å²) in [7, 11) is 6.57. The van der Waals surface area contributed by atoms with Crippen LogP contribution in [0.25, 0.3) is 0 Å². The molecule has 0 saturated heterocycles. The molecule has 0 spiro atoms. The van der Waals surface area contributed by atoms with Crippen LogP contribution in [0.15, 0.2) is 30.3 Å². The fraction of sp³-hybridized carbons (Fsp3) is 0.759. The lowest BCUT2D eigenvalue weighted by molar-refractivity contribution is -0.895. The van der Waals surface area contributed by atoms with E-state index >= 15 is 0 Å². The summed E-state index contributed by atoms with van der Waals surface area (Å²) in [4.78, 5) is 12.5. The zero-order valence-corrected chi connectivity index (χ0v) is 21.8. The smallest absolute Gasteiger partial charge is 0.225 e. The van der Waals surface area contributed by atoms with Gasteiger partial charge >= 0.3 is 0 Å². The molecule has 1 N–H and O–H groups in total. The van der Waals surface area contributed by atoms with Crippen molar-refractivity contribution in [3.8, 4) is 0 Å². The second-order valence-corrected chi connectivity index (χ2v) is 10.6. The van der Waals surface area contributed by atoms with Gasteiger partial charge in [0, 0.05) is 13.0 Å². The van der Waals surface area contributed by atoms with Crippen LogP contribution in [0.3, 0.4) is 0 Å². The highest BCUT2D eigenvalue weighted by Crippen LogP contribution is 2.15. The van der Waals surface area contributed by atoms with Crippen molar-refractivity contribution in [2.75, 3.05) is 27.7 Å². The van der Waals surface area contributed by atoms with E-state index < -0.39 is 0 Å². The molecule has 0 saturated carbocycles. The third-order valence-electron chi connectivity index (χ3n) is 6.68. The number of amides is 1. The number of hydrogen-bond acceptors (Lipinski definition) is 1. The van der Waals surface area contributed by atoms with Gasteiger partial charge in [0.25, 0.3) is 0 Å². The maximum Gasteiger partial charge on any atom is 0.225 e. The van der Waals surface area contributed by atoms with Crippen LogP contribution in [0.2, 0.25) is 0 Å². The third-order valence-corrected chi connectivity index (χ3v) is 6.68. The molecule has 1 atom stereocenters. The van der Waals surface area contributed by atoms with Crippen LogP contribution in [0.5, 0.6) is 0 Å². The highest BCUT2D eigenvalue weighted by Gasteiger charge is 2.26. The minimum absolute atomic E-state index is 0.202. The molecule has 0 fully saturated rings. The van der Waals surface area contributed by atoms with Crippen molar-refractivity contribution in [2.45, 2.75) is 116 Å². The molecular weight excluding hydrogens is 392 g/mol. The predicted octanol–water partition coefficient (Wildman–Crippen LogP) is 7.29. The van der Waals surface area contributed by atoms with E-state index in [1.807, 2.05) is 6.07 Å². The first-order chi connectivity index (χ1) is 15.4. The van der Waals surface area contributed by atoms with E-state index in [2.05, 4.69) is 57.6 Å². The Kier molecular flexibility index (Phi) is 16.2. The fourth-order valence-corrected chi connectivity index (χ4v) is 4.34. The Bertz CT molecular complexity index is 564. The van der Waals surface area contributed by atoms with Crippen molar-refractivity contribution in [2.24, 2.45) is 0 Å². The molecule has 0 aliphatic heterocycles. The molecule has 0 aromatic heterocycles. The average molecular weight is 446 g/mol. The molecule has 32 heavy (non-hydrogen) atoms. The maximum atomic E-state index is 12.5. The molecular formula is C29H53N2O+. The first-order valence-corrected chi connectivity index (χ1v) is 13.5. The van der Waals surface area contributed by atoms with Gasteiger partial charge in [0.15, 0.2) is 0 Å². The maximum absolute atomic E-state index is 12.5. The topological polar surface area (TPSA) is 29.1 Å². The van der Waals surface area contributed by atoms with E-state index in [0.717, 1.165) is 23.9 Å². The Balaban J connectivity index is 2.01. The van der Waals surface area contributed by atoms with Crippen molar-refractivity contribution < 1.29 is 9.28 Å². The molecule has 0 bridgehead atoms. The second kappa shape index (κ2) is 18.1. The summed E-state index contributed by atoms with van der Waals surface area (Å²) in [6.07, 6.45) is 20.7. The van der Waals surface area contributed by atoms with E-state index in [1.165, 1.54) is 89.0 Å². The van der Waals surface area contributed by atoms with Gasteiger partial charge in [0.05, 0.1) is 27.6 Å². The number of benzene rings is 1. The molecule has 3 nitrogen and oxygen atoms in total. The third kappa shape index (κ3) is 15.5. The van der Waals surface area contributed by atoms with Gasteiger partial charge in [-0.1, -0.05) is 121 Å². The van der Waals surface area contributed by atoms with Gasteiger partial charge in [0.1, 0.15) is 6.04 Å². The molecule has 184 valence electrons. The Labute approximate surface area is 200 Å². The number of carbonyl (C=O) groups excluding carboxylic acids is 1. The van der Waals surface area contributed by atoms with Crippen molar-refractivity contribution in [1.29, 1.82) is 0 Å². The van der Waals surface area contributed by atoms with Crippen molar-refractivity contribution in [3.05, 3.63) is 35.9 Å². The molecule has 0 heterocycles. The quantitative estimate of drug-likeness (QED) is 0.166. The fourth-order valence-electron chi connectivity index (χ4n) is 4.34. The van der Waals surface area contributed by atoms with E-state index in [1.54, 1.807) is 0 Å². The van der Waals surface area contributed by atoms with Gasteiger partial charge in [-0.2, -0.15) is 0 Å². The van der Waals surface area contributed by atoms with Gasteiger partial charge in [-0.3, -0.25) is 4.79 Å². The molecule has 1 unspecified atom stereocenters. The van der Waals surface area contributed by atoms with Gasteiger partial charge in [0.2, 0.25) is 5.91 Å². The lowest BCUT2D eigenvalue weighted by Gasteiger charge is -2.34. The van der Waals surface area contributed by atoms with Crippen LogP contribution < -0.4 is 5.32 Å². The number of unbranched alkanes of at least 4 members (excludes halogenated alkanes) is 13. The van der Waals surface area contributed by atoms with E-state index in [9.17, 15) is 4.79 Å². The van der Waals surface area contributed by atoms with E-state index in [-0.39, 0.29) is 5.91 Å². The van der Waals surface area contributed by atoms with Crippen molar-refractivity contribution in [3.63, 3.8) is 0 Å². The number of rotatable bonds is 20. The lowest BCUT2D eigenvalue weighted by Crippen LogP contribution is -2.48. The van der Waals surface area contributed by atoms with Crippen LogP contribution >= 0.6 is 0 Å². The highest BCUT2D eigenvalue weighted by atomic mass is 16.1. The monoisotopic (exact) mass is 445 g/mol. The first kappa shape index (κ1) is 28.7. The molecule has 0 aliphatic carbocycles. The summed E-state index contributed by atoms with van der Waals surface area (Å²) in [6, 6.07) is 10.8. The van der Waals surface area contributed by atoms with Gasteiger partial charge in [-0.15, -0.1) is 0 Å². The summed E-state index contributed by atoms with van der Waals surface area (Å²) in [5.74, 6) is 0.202. The SMILES string of the molecule is CCCCCCCCCCCCCCCCNC(=O)CC(Cc1ccccc1)[N+](C)(C)C. The molecule has 3 heteroatoms. The zero-order valence-electron chi connectivity index (χ0n) is 21.8.